The first-order valence-corrected chi connectivity index (χ1v) is 6.48. The monoisotopic (exact) mass is 295 g/mol. The molecule has 0 saturated carbocycles. The number of pyridine rings is 1. The van der Waals surface area contributed by atoms with Crippen LogP contribution in [0.4, 0.5) is 4.39 Å². The number of nitrogens with zero attached hydrogens (tertiary/aromatic N) is 1. The standard InChI is InChI=1S/C11H6FN3O2S2/c12-6-3-5(4-13-9(6)16)15-10(17)8-7(1-2-19-8)14-11(15)18/h1-4H,(H,13,16)(H,14,18). The molecule has 3 rings (SSSR count). The minimum atomic E-state index is -0.968. The maximum atomic E-state index is 13.3. The molecule has 0 aliphatic rings. The fraction of sp³-hybridized carbons (Fsp3) is 0. The molecule has 5 nitrogen and oxygen atoms in total. The Kier molecular flexibility index (Phi) is 2.68. The SMILES string of the molecule is O=c1[nH]cc(-n2c(=S)[nH]c3ccsc3c2=O)cc1F. The van der Waals surface area contributed by atoms with E-state index in [1.165, 1.54) is 17.5 Å². The summed E-state index contributed by atoms with van der Waals surface area (Å²) in [5, 5.41) is 1.76. The average molecular weight is 295 g/mol. The van der Waals surface area contributed by atoms with Gasteiger partial charge in [0.25, 0.3) is 11.1 Å². The van der Waals surface area contributed by atoms with E-state index in [2.05, 4.69) is 9.97 Å². The van der Waals surface area contributed by atoms with Crippen LogP contribution in [0.15, 0.2) is 33.3 Å². The predicted octanol–water partition coefficient (Wildman–Crippen LogP) is 1.94. The van der Waals surface area contributed by atoms with E-state index in [1.807, 2.05) is 0 Å². The molecule has 3 aromatic rings. The molecule has 8 heteroatoms. The first-order chi connectivity index (χ1) is 9.08. The summed E-state index contributed by atoms with van der Waals surface area (Å²) in [4.78, 5) is 28.4. The zero-order valence-corrected chi connectivity index (χ0v) is 10.9. The number of hydrogen-bond donors (Lipinski definition) is 2. The summed E-state index contributed by atoms with van der Waals surface area (Å²) in [5.41, 5.74) is -0.371. The van der Waals surface area contributed by atoms with Crippen molar-refractivity contribution in [1.29, 1.82) is 0 Å². The van der Waals surface area contributed by atoms with E-state index in [-0.39, 0.29) is 16.0 Å². The Hall–Kier alpha value is -2.06. The largest absolute Gasteiger partial charge is 0.331 e. The molecule has 0 atom stereocenters. The van der Waals surface area contributed by atoms with Gasteiger partial charge < -0.3 is 9.97 Å². The maximum Gasteiger partial charge on any atom is 0.284 e. The lowest BCUT2D eigenvalue weighted by Gasteiger charge is -2.05. The van der Waals surface area contributed by atoms with Crippen molar-refractivity contribution in [2.24, 2.45) is 0 Å². The summed E-state index contributed by atoms with van der Waals surface area (Å²) < 4.78 is 15.1. The van der Waals surface area contributed by atoms with E-state index >= 15 is 0 Å². The van der Waals surface area contributed by atoms with Crippen molar-refractivity contribution >= 4 is 33.8 Å². The van der Waals surface area contributed by atoms with Crippen molar-refractivity contribution in [1.82, 2.24) is 14.5 Å². The highest BCUT2D eigenvalue weighted by Gasteiger charge is 2.10. The van der Waals surface area contributed by atoms with Gasteiger partial charge in [-0.2, -0.15) is 0 Å². The third-order valence-electron chi connectivity index (χ3n) is 2.61. The van der Waals surface area contributed by atoms with Gasteiger partial charge in [0.1, 0.15) is 4.70 Å². The molecule has 0 bridgehead atoms. The Balaban J connectivity index is 2.42. The van der Waals surface area contributed by atoms with E-state index in [0.717, 1.165) is 10.6 Å². The molecule has 2 N–H and O–H groups in total. The first kappa shape index (κ1) is 12.0. The zero-order valence-electron chi connectivity index (χ0n) is 9.27. The molecule has 3 aromatic heterocycles. The van der Waals surface area contributed by atoms with Crippen LogP contribution in [-0.4, -0.2) is 14.5 Å². The summed E-state index contributed by atoms with van der Waals surface area (Å²) >= 11 is 6.35. The van der Waals surface area contributed by atoms with Gasteiger partial charge in [0, 0.05) is 12.3 Å². The smallest absolute Gasteiger partial charge is 0.284 e. The van der Waals surface area contributed by atoms with Gasteiger partial charge in [-0.05, 0) is 23.7 Å². The van der Waals surface area contributed by atoms with Crippen LogP contribution >= 0.6 is 23.6 Å². The molecular weight excluding hydrogens is 289 g/mol. The van der Waals surface area contributed by atoms with E-state index in [0.29, 0.717) is 10.2 Å². The van der Waals surface area contributed by atoms with Crippen molar-refractivity contribution in [2.45, 2.75) is 0 Å². The molecule has 0 amide bonds. The van der Waals surface area contributed by atoms with Gasteiger partial charge in [-0.1, -0.05) is 0 Å². The van der Waals surface area contributed by atoms with E-state index in [1.54, 1.807) is 11.4 Å². The lowest BCUT2D eigenvalue weighted by atomic mass is 10.4. The number of aromatic amines is 2. The number of halogens is 1. The van der Waals surface area contributed by atoms with Crippen LogP contribution in [0.25, 0.3) is 15.9 Å². The van der Waals surface area contributed by atoms with Gasteiger partial charge in [0.2, 0.25) is 0 Å². The van der Waals surface area contributed by atoms with Crippen molar-refractivity contribution in [3.05, 3.63) is 55.0 Å². The van der Waals surface area contributed by atoms with Gasteiger partial charge >= 0.3 is 0 Å². The Morgan fingerprint density at radius 2 is 2.16 bits per heavy atom. The van der Waals surface area contributed by atoms with E-state index in [9.17, 15) is 14.0 Å². The molecule has 3 heterocycles. The lowest BCUT2D eigenvalue weighted by Crippen LogP contribution is -2.21. The summed E-state index contributed by atoms with van der Waals surface area (Å²) in [6, 6.07) is 2.72. The third-order valence-corrected chi connectivity index (χ3v) is 3.80. The highest BCUT2D eigenvalue weighted by molar-refractivity contribution is 7.71. The van der Waals surface area contributed by atoms with Crippen LogP contribution in [-0.2, 0) is 0 Å². The summed E-state index contributed by atoms with van der Waals surface area (Å²) in [6.07, 6.45) is 1.25. The molecule has 0 spiro atoms. The normalized spacial score (nSPS) is 11.0. The fourth-order valence-electron chi connectivity index (χ4n) is 1.75. The fourth-order valence-corrected chi connectivity index (χ4v) is 2.82. The Labute approximate surface area is 114 Å². The molecule has 96 valence electrons. The summed E-state index contributed by atoms with van der Waals surface area (Å²) in [7, 11) is 0. The van der Waals surface area contributed by atoms with Crippen LogP contribution in [0.2, 0.25) is 0 Å². The molecular formula is C11H6FN3O2S2. The van der Waals surface area contributed by atoms with Crippen molar-refractivity contribution in [2.75, 3.05) is 0 Å². The van der Waals surface area contributed by atoms with Crippen molar-refractivity contribution < 1.29 is 4.39 Å². The molecule has 0 fully saturated rings. The zero-order chi connectivity index (χ0) is 13.6. The number of fused-ring (bicyclic) bond motifs is 1. The van der Waals surface area contributed by atoms with Crippen LogP contribution in [0, 0.1) is 10.6 Å². The molecule has 0 unspecified atom stereocenters. The summed E-state index contributed by atoms with van der Waals surface area (Å²) in [5.74, 6) is -0.968. The quantitative estimate of drug-likeness (QED) is 0.674. The highest BCUT2D eigenvalue weighted by atomic mass is 32.1. The third kappa shape index (κ3) is 1.85. The van der Waals surface area contributed by atoms with Crippen molar-refractivity contribution in [3.8, 4) is 5.69 Å². The number of hydrogen-bond acceptors (Lipinski definition) is 4. The number of rotatable bonds is 1. The Bertz CT molecular complexity index is 951. The number of thiophene rings is 1. The minimum absolute atomic E-state index is 0.141. The second kappa shape index (κ2) is 4.25. The van der Waals surface area contributed by atoms with Gasteiger partial charge in [0.05, 0.1) is 11.2 Å². The van der Waals surface area contributed by atoms with Gasteiger partial charge in [-0.25, -0.2) is 4.39 Å². The Morgan fingerprint density at radius 1 is 1.37 bits per heavy atom. The summed E-state index contributed by atoms with van der Waals surface area (Å²) in [6.45, 7) is 0. The molecule has 0 aromatic carbocycles. The number of H-pyrrole nitrogens is 2. The lowest BCUT2D eigenvalue weighted by molar-refractivity contribution is 0.606. The number of nitrogens with one attached hydrogen (secondary N) is 2. The van der Waals surface area contributed by atoms with Crippen LogP contribution in [0.3, 0.4) is 0 Å². The van der Waals surface area contributed by atoms with Gasteiger partial charge in [-0.3, -0.25) is 14.2 Å². The number of aromatic nitrogens is 3. The van der Waals surface area contributed by atoms with E-state index < -0.39 is 11.4 Å². The van der Waals surface area contributed by atoms with Gasteiger partial charge in [-0.15, -0.1) is 11.3 Å². The second-order valence-corrected chi connectivity index (χ2v) is 5.07. The van der Waals surface area contributed by atoms with Crippen molar-refractivity contribution in [3.63, 3.8) is 0 Å². The highest BCUT2D eigenvalue weighted by Crippen LogP contribution is 2.15. The van der Waals surface area contributed by atoms with Crippen LogP contribution in [0.5, 0.6) is 0 Å². The maximum absolute atomic E-state index is 13.3. The van der Waals surface area contributed by atoms with E-state index in [4.69, 9.17) is 12.2 Å². The van der Waals surface area contributed by atoms with Crippen LogP contribution in [0.1, 0.15) is 0 Å². The predicted molar refractivity (Wildman–Crippen MR) is 73.2 cm³/mol. The van der Waals surface area contributed by atoms with Crippen LogP contribution < -0.4 is 11.1 Å². The van der Waals surface area contributed by atoms with Gasteiger partial charge in [0.15, 0.2) is 10.6 Å². The molecule has 0 saturated heterocycles. The molecule has 19 heavy (non-hydrogen) atoms. The minimum Gasteiger partial charge on any atom is -0.331 e. The Morgan fingerprint density at radius 3 is 2.89 bits per heavy atom. The average Bonchev–Trinajstić information content (AvgIpc) is 2.82. The topological polar surface area (TPSA) is 70.7 Å². The second-order valence-electron chi connectivity index (χ2n) is 3.77. The molecule has 0 aliphatic carbocycles. The molecule has 0 aliphatic heterocycles. The first-order valence-electron chi connectivity index (χ1n) is 5.19. The molecule has 0 radical (unpaired) electrons.